The van der Waals surface area contributed by atoms with Crippen LogP contribution in [-0.2, 0) is 14.3 Å². The number of aryl methyl sites for hydroxylation is 2. The molecular formula is C23H25NO5. The van der Waals surface area contributed by atoms with Gasteiger partial charge >= 0.3 is 0 Å². The topological polar surface area (TPSA) is 76.1 Å². The van der Waals surface area contributed by atoms with Crippen LogP contribution in [0, 0.1) is 13.8 Å². The summed E-state index contributed by atoms with van der Waals surface area (Å²) in [5, 5.41) is 11.2. The van der Waals surface area contributed by atoms with Crippen LogP contribution in [0.4, 0.5) is 0 Å². The van der Waals surface area contributed by atoms with Crippen molar-refractivity contribution in [3.63, 3.8) is 0 Å². The maximum atomic E-state index is 12.9. The van der Waals surface area contributed by atoms with E-state index in [1.807, 2.05) is 50.2 Å². The van der Waals surface area contributed by atoms with Crippen LogP contribution in [0.3, 0.4) is 0 Å². The molecule has 1 saturated heterocycles. The first-order chi connectivity index (χ1) is 13.9. The van der Waals surface area contributed by atoms with Crippen molar-refractivity contribution >= 4 is 17.4 Å². The molecule has 1 heterocycles. The Bertz CT molecular complexity index is 965. The zero-order valence-electron chi connectivity index (χ0n) is 17.1. The summed E-state index contributed by atoms with van der Waals surface area (Å²) < 4.78 is 10.4. The second-order valence-electron chi connectivity index (χ2n) is 7.03. The number of rotatable bonds is 6. The average Bonchev–Trinajstić information content (AvgIpc) is 2.98. The van der Waals surface area contributed by atoms with Gasteiger partial charge in [-0.3, -0.25) is 9.59 Å². The molecule has 1 amide bonds. The van der Waals surface area contributed by atoms with Gasteiger partial charge in [-0.1, -0.05) is 30.3 Å². The van der Waals surface area contributed by atoms with Crippen molar-refractivity contribution in [1.29, 1.82) is 0 Å². The number of aliphatic hydroxyl groups excluding tert-OH is 1. The number of hydrogen-bond donors (Lipinski definition) is 1. The van der Waals surface area contributed by atoms with Crippen molar-refractivity contribution < 1.29 is 24.2 Å². The molecule has 6 nitrogen and oxygen atoms in total. The molecular weight excluding hydrogens is 370 g/mol. The van der Waals surface area contributed by atoms with Gasteiger partial charge in [-0.2, -0.15) is 0 Å². The zero-order valence-corrected chi connectivity index (χ0v) is 17.1. The third kappa shape index (κ3) is 3.76. The van der Waals surface area contributed by atoms with Crippen LogP contribution in [0.1, 0.15) is 28.3 Å². The lowest BCUT2D eigenvalue weighted by molar-refractivity contribution is -0.140. The molecule has 3 rings (SSSR count). The first-order valence-corrected chi connectivity index (χ1v) is 9.38. The van der Waals surface area contributed by atoms with Crippen LogP contribution < -0.4 is 4.74 Å². The Morgan fingerprint density at radius 3 is 2.38 bits per heavy atom. The Labute approximate surface area is 170 Å². The highest BCUT2D eigenvalue weighted by Crippen LogP contribution is 2.40. The van der Waals surface area contributed by atoms with E-state index < -0.39 is 17.7 Å². The van der Waals surface area contributed by atoms with Crippen molar-refractivity contribution in [3.8, 4) is 5.75 Å². The molecule has 0 saturated carbocycles. The molecule has 152 valence electrons. The number of ketones is 1. The van der Waals surface area contributed by atoms with Gasteiger partial charge in [0, 0.05) is 19.2 Å². The van der Waals surface area contributed by atoms with Crippen molar-refractivity contribution in [2.75, 3.05) is 27.4 Å². The largest absolute Gasteiger partial charge is 0.507 e. The summed E-state index contributed by atoms with van der Waals surface area (Å²) in [6.07, 6.45) is 0. The molecule has 0 radical (unpaired) electrons. The molecule has 1 aliphatic heterocycles. The van der Waals surface area contributed by atoms with Crippen LogP contribution >= 0.6 is 0 Å². The minimum absolute atomic E-state index is 0.0879. The van der Waals surface area contributed by atoms with Crippen LogP contribution in [0.15, 0.2) is 48.0 Å². The van der Waals surface area contributed by atoms with E-state index in [0.717, 1.165) is 16.7 Å². The number of likely N-dealkylation sites (tertiary alicyclic amines) is 1. The first-order valence-electron chi connectivity index (χ1n) is 9.38. The van der Waals surface area contributed by atoms with Gasteiger partial charge in [0.05, 0.1) is 25.3 Å². The van der Waals surface area contributed by atoms with Crippen molar-refractivity contribution in [1.82, 2.24) is 4.90 Å². The molecule has 0 bridgehead atoms. The number of amides is 1. The van der Waals surface area contributed by atoms with E-state index in [4.69, 9.17) is 9.47 Å². The number of ether oxygens (including phenoxy) is 2. The van der Waals surface area contributed by atoms with Crippen LogP contribution in [0.25, 0.3) is 5.76 Å². The molecule has 29 heavy (non-hydrogen) atoms. The molecule has 1 atom stereocenters. The monoisotopic (exact) mass is 395 g/mol. The number of nitrogens with zero attached hydrogens (tertiary/aromatic N) is 1. The summed E-state index contributed by atoms with van der Waals surface area (Å²) in [4.78, 5) is 27.1. The summed E-state index contributed by atoms with van der Waals surface area (Å²) in [5.41, 5.74) is 2.93. The first kappa shape index (κ1) is 20.6. The minimum atomic E-state index is -0.694. The smallest absolute Gasteiger partial charge is 0.295 e. The molecule has 1 fully saturated rings. The predicted molar refractivity (Wildman–Crippen MR) is 110 cm³/mol. The lowest BCUT2D eigenvalue weighted by Gasteiger charge is -2.25. The highest BCUT2D eigenvalue weighted by atomic mass is 16.5. The van der Waals surface area contributed by atoms with Crippen LogP contribution in [-0.4, -0.2) is 49.1 Å². The molecule has 2 aromatic carbocycles. The Morgan fingerprint density at radius 1 is 1.07 bits per heavy atom. The molecule has 0 aliphatic carbocycles. The second-order valence-corrected chi connectivity index (χ2v) is 7.03. The van der Waals surface area contributed by atoms with E-state index in [1.165, 1.54) is 12.0 Å². The molecule has 0 spiro atoms. The molecule has 0 aromatic heterocycles. The van der Waals surface area contributed by atoms with Gasteiger partial charge in [0.1, 0.15) is 11.5 Å². The zero-order chi connectivity index (χ0) is 21.1. The summed E-state index contributed by atoms with van der Waals surface area (Å²) in [5.74, 6) is -0.819. The van der Waals surface area contributed by atoms with Crippen molar-refractivity contribution in [2.24, 2.45) is 0 Å². The lowest BCUT2D eigenvalue weighted by atomic mass is 9.93. The average molecular weight is 395 g/mol. The SMILES string of the molecule is COCCN1C(=O)C(=O)/C(=C(/O)c2cc(C)c(OC)cc2C)C1c1ccccc1. The lowest BCUT2D eigenvalue weighted by Crippen LogP contribution is -2.32. The van der Waals surface area contributed by atoms with Crippen molar-refractivity contribution in [3.05, 3.63) is 70.3 Å². The molecule has 1 N–H and O–H groups in total. The maximum absolute atomic E-state index is 12.9. The molecule has 1 unspecified atom stereocenters. The highest BCUT2D eigenvalue weighted by Gasteiger charge is 2.45. The maximum Gasteiger partial charge on any atom is 0.295 e. The summed E-state index contributed by atoms with van der Waals surface area (Å²) >= 11 is 0. The van der Waals surface area contributed by atoms with Gasteiger partial charge < -0.3 is 19.5 Å². The number of aliphatic hydroxyl groups is 1. The van der Waals surface area contributed by atoms with Crippen molar-refractivity contribution in [2.45, 2.75) is 19.9 Å². The summed E-state index contributed by atoms with van der Waals surface area (Å²) in [6.45, 7) is 4.23. The van der Waals surface area contributed by atoms with E-state index >= 15 is 0 Å². The molecule has 1 aliphatic rings. The Balaban J connectivity index is 2.20. The van der Waals surface area contributed by atoms with Gasteiger partial charge in [-0.05, 0) is 42.7 Å². The van der Waals surface area contributed by atoms with Gasteiger partial charge in [-0.15, -0.1) is 0 Å². The summed E-state index contributed by atoms with van der Waals surface area (Å²) in [6, 6.07) is 12.1. The fourth-order valence-electron chi connectivity index (χ4n) is 3.69. The number of carbonyl (C=O) groups excluding carboxylic acids is 2. The molecule has 6 heteroatoms. The third-order valence-electron chi connectivity index (χ3n) is 5.19. The normalized spacial score (nSPS) is 18.3. The van der Waals surface area contributed by atoms with Crippen LogP contribution in [0.2, 0.25) is 0 Å². The second kappa shape index (κ2) is 8.49. The van der Waals surface area contributed by atoms with Gasteiger partial charge in [0.25, 0.3) is 11.7 Å². The Kier molecular flexibility index (Phi) is 6.03. The molecule has 2 aromatic rings. The number of hydrogen-bond acceptors (Lipinski definition) is 5. The quantitative estimate of drug-likeness (QED) is 0.461. The standard InChI is InChI=1S/C23H25NO5/c1-14-13-18(29-4)15(2)12-17(14)21(25)19-20(16-8-6-5-7-9-16)24(10-11-28-3)23(27)22(19)26/h5-9,12-13,20,25H,10-11H2,1-4H3/b21-19+. The Morgan fingerprint density at radius 2 is 1.76 bits per heavy atom. The minimum Gasteiger partial charge on any atom is -0.507 e. The number of methoxy groups -OCH3 is 2. The number of benzene rings is 2. The fraction of sp³-hybridized carbons (Fsp3) is 0.304. The van der Waals surface area contributed by atoms with E-state index in [0.29, 0.717) is 11.3 Å². The fourth-order valence-corrected chi connectivity index (χ4v) is 3.69. The van der Waals surface area contributed by atoms with Gasteiger partial charge in [0.15, 0.2) is 0 Å². The number of carbonyl (C=O) groups is 2. The predicted octanol–water partition coefficient (Wildman–Crippen LogP) is 3.38. The van der Waals surface area contributed by atoms with E-state index in [9.17, 15) is 14.7 Å². The summed E-state index contributed by atoms with van der Waals surface area (Å²) in [7, 11) is 3.12. The Hall–Kier alpha value is -3.12. The third-order valence-corrected chi connectivity index (χ3v) is 5.19. The van der Waals surface area contributed by atoms with E-state index in [2.05, 4.69) is 0 Å². The number of Topliss-reactive ketones (excluding diaryl/α,β-unsaturated/α-hetero) is 1. The van der Waals surface area contributed by atoms with Gasteiger partial charge in [0.2, 0.25) is 0 Å². The van der Waals surface area contributed by atoms with E-state index in [1.54, 1.807) is 13.2 Å². The highest BCUT2D eigenvalue weighted by molar-refractivity contribution is 6.46. The van der Waals surface area contributed by atoms with Gasteiger partial charge in [-0.25, -0.2) is 0 Å². The van der Waals surface area contributed by atoms with Crippen LogP contribution in [0.5, 0.6) is 5.75 Å². The van der Waals surface area contributed by atoms with E-state index in [-0.39, 0.29) is 24.5 Å².